The summed E-state index contributed by atoms with van der Waals surface area (Å²) in [4.78, 5) is 49.6. The molecular formula is C43H50N18O6. The molecule has 348 valence electrons. The van der Waals surface area contributed by atoms with Gasteiger partial charge in [0.05, 0.1) is 50.2 Å². The second-order valence-electron chi connectivity index (χ2n) is 17.4. The minimum atomic E-state index is -0.696. The molecular weight excluding hydrogens is 865 g/mol. The monoisotopic (exact) mass is 914 g/mol. The Morgan fingerprint density at radius 3 is 1.76 bits per heavy atom. The largest absolute Gasteiger partial charge is 0.443 e. The average molecular weight is 915 g/mol. The van der Waals surface area contributed by atoms with Crippen LogP contribution in [0.4, 0.5) is 39.4 Å². The summed E-state index contributed by atoms with van der Waals surface area (Å²) < 4.78 is 23.7. The van der Waals surface area contributed by atoms with Gasteiger partial charge in [-0.2, -0.15) is 19.2 Å². The van der Waals surface area contributed by atoms with Gasteiger partial charge in [0.2, 0.25) is 0 Å². The number of nitrogens with one attached hydrogen (secondary N) is 5. The number of hydrogen-bond donors (Lipinski definition) is 5. The van der Waals surface area contributed by atoms with Crippen LogP contribution in [0, 0.1) is 0 Å². The molecule has 24 heteroatoms. The summed E-state index contributed by atoms with van der Waals surface area (Å²) in [7, 11) is 7.01. The molecule has 8 heterocycles. The lowest BCUT2D eigenvalue weighted by Gasteiger charge is -2.25. The van der Waals surface area contributed by atoms with Gasteiger partial charge in [-0.05, 0) is 70.0 Å². The van der Waals surface area contributed by atoms with Crippen LogP contribution >= 0.6 is 0 Å². The molecule has 5 N–H and O–H groups in total. The molecule has 0 fully saturated rings. The minimum absolute atomic E-state index is 0.180. The third-order valence-electron chi connectivity index (χ3n) is 10.8. The topological polar surface area (TPSA) is 264 Å². The summed E-state index contributed by atoms with van der Waals surface area (Å²) in [6.45, 7) is 10.5. The number of benzene rings is 2. The summed E-state index contributed by atoms with van der Waals surface area (Å²) in [6.07, 6.45) is 2.37. The number of carbonyl (C=O) groups is 3. The first kappa shape index (κ1) is 44.2. The number of fused-ring (bicyclic) bond motifs is 10. The van der Waals surface area contributed by atoms with Crippen molar-refractivity contribution >= 4 is 85.9 Å². The number of nitrogens with zero attached hydrogens (tertiary/aromatic N) is 13. The smallest absolute Gasteiger partial charge is 0.415 e. The Kier molecular flexibility index (Phi) is 11.5. The predicted octanol–water partition coefficient (Wildman–Crippen LogP) is 4.22. The molecule has 0 saturated heterocycles. The van der Waals surface area contributed by atoms with E-state index >= 15 is 0 Å². The van der Waals surface area contributed by atoms with E-state index in [1.807, 2.05) is 51.2 Å². The van der Waals surface area contributed by atoms with E-state index in [4.69, 9.17) is 19.2 Å². The fourth-order valence-electron chi connectivity index (χ4n) is 7.73. The first-order valence-corrected chi connectivity index (χ1v) is 21.4. The Hall–Kier alpha value is -7.99. The summed E-state index contributed by atoms with van der Waals surface area (Å²) in [6, 6.07) is 10.9. The van der Waals surface area contributed by atoms with Gasteiger partial charge in [-0.3, -0.25) is 14.5 Å². The fraction of sp³-hybridized carbons (Fsp3) is 0.372. The number of aryl methyl sites for hydroxylation is 2. The standard InChI is InChI=1S/C24H29N9O4.C19H21N9O2/c1-13-11-36-12-14-7-16(20-17(8-14)29-30-32(20)6)27-18-9-19(31(5)23(35)37-24(2,3)4)33-21(28-18)15(10-25-33)22(34)26-13;1-10-8-30-9-11-4-13(17-14(5-11)25-26-27(17)3)23-15-6-16(20-2)28-18(24-15)12(7-21-28)19(29)22-10/h7-10,13H,11-12H2,1-6H3,(H,26,34)(H,27,28);4-7,10,20H,8-9H2,1-3H3,(H,22,29)(H,23,24)/t13-;10-/m11/s1. The SMILES string of the molecule is CNc1cc2nc3c(cnn13)C(=O)N[C@H](C)COCc1cc(c3c(c1)nnn3C)N2.C[C@@H]1COCc2cc(c3c(c2)nnn3C)Nc2cc(N(C)C(=O)OC(C)(C)C)n3ncc(c3n2)C(=O)N1. The van der Waals surface area contributed by atoms with Crippen LogP contribution in [0.15, 0.2) is 48.8 Å². The van der Waals surface area contributed by atoms with Crippen molar-refractivity contribution in [3.63, 3.8) is 0 Å². The van der Waals surface area contributed by atoms with Gasteiger partial charge in [0, 0.05) is 52.4 Å². The van der Waals surface area contributed by atoms with Crippen molar-refractivity contribution in [2.75, 3.05) is 48.2 Å². The molecule has 2 aliphatic heterocycles. The molecule has 8 aromatic rings. The number of aromatic nitrogens is 12. The van der Waals surface area contributed by atoms with Gasteiger partial charge in [0.15, 0.2) is 11.3 Å². The average Bonchev–Trinajstić information content (AvgIpc) is 4.07. The molecule has 2 atom stereocenters. The third-order valence-corrected chi connectivity index (χ3v) is 10.8. The van der Waals surface area contributed by atoms with Crippen LogP contribution in [0.5, 0.6) is 0 Å². The van der Waals surface area contributed by atoms with E-state index in [1.165, 1.54) is 21.8 Å². The fourth-order valence-corrected chi connectivity index (χ4v) is 7.73. The third kappa shape index (κ3) is 8.90. The van der Waals surface area contributed by atoms with E-state index in [2.05, 4.69) is 62.4 Å². The van der Waals surface area contributed by atoms with Crippen molar-refractivity contribution in [2.24, 2.45) is 14.1 Å². The lowest BCUT2D eigenvalue weighted by molar-refractivity contribution is 0.0587. The van der Waals surface area contributed by atoms with Crippen LogP contribution in [0.25, 0.3) is 33.4 Å². The van der Waals surface area contributed by atoms with E-state index < -0.39 is 11.7 Å². The predicted molar refractivity (Wildman–Crippen MR) is 247 cm³/mol. The summed E-state index contributed by atoms with van der Waals surface area (Å²) >= 11 is 0. The Balaban J connectivity index is 0.000000171. The van der Waals surface area contributed by atoms with Crippen LogP contribution in [-0.4, -0.2) is 122 Å². The molecule has 2 aliphatic rings. The quantitative estimate of drug-likeness (QED) is 0.163. The van der Waals surface area contributed by atoms with E-state index in [0.29, 0.717) is 72.1 Å². The van der Waals surface area contributed by atoms with E-state index in [1.54, 1.807) is 61.9 Å². The number of carbonyl (C=O) groups excluding carboxylic acids is 3. The Morgan fingerprint density at radius 2 is 1.25 bits per heavy atom. The molecule has 3 amide bonds. The number of hydrogen-bond acceptors (Lipinski definition) is 17. The van der Waals surface area contributed by atoms with E-state index in [-0.39, 0.29) is 35.1 Å². The first-order chi connectivity index (χ1) is 32.0. The molecule has 0 radical (unpaired) electrons. The molecule has 8 bridgehead atoms. The maximum absolute atomic E-state index is 13.1. The zero-order valence-electron chi connectivity index (χ0n) is 38.4. The van der Waals surface area contributed by atoms with Crippen molar-refractivity contribution in [3.8, 4) is 0 Å². The van der Waals surface area contributed by atoms with Crippen molar-refractivity contribution in [3.05, 3.63) is 71.0 Å². The Labute approximate surface area is 382 Å². The minimum Gasteiger partial charge on any atom is -0.443 e. The first-order valence-electron chi connectivity index (χ1n) is 21.4. The van der Waals surface area contributed by atoms with Crippen molar-refractivity contribution in [1.29, 1.82) is 0 Å². The van der Waals surface area contributed by atoms with Gasteiger partial charge < -0.3 is 40.8 Å². The van der Waals surface area contributed by atoms with Crippen molar-refractivity contribution in [1.82, 2.24) is 69.8 Å². The highest BCUT2D eigenvalue weighted by molar-refractivity contribution is 6.02. The molecule has 2 aromatic carbocycles. The van der Waals surface area contributed by atoms with Crippen LogP contribution in [0.3, 0.4) is 0 Å². The number of rotatable bonds is 2. The van der Waals surface area contributed by atoms with Crippen molar-refractivity contribution < 1.29 is 28.6 Å². The maximum Gasteiger partial charge on any atom is 0.415 e. The van der Waals surface area contributed by atoms with Crippen LogP contribution in [-0.2, 0) is 41.5 Å². The normalized spacial score (nSPS) is 16.7. The lowest BCUT2D eigenvalue weighted by Crippen LogP contribution is -2.36. The highest BCUT2D eigenvalue weighted by atomic mass is 16.6. The summed E-state index contributed by atoms with van der Waals surface area (Å²) in [5, 5.41) is 41.2. The van der Waals surface area contributed by atoms with Crippen LogP contribution in [0.2, 0.25) is 0 Å². The van der Waals surface area contributed by atoms with Gasteiger partial charge in [0.1, 0.15) is 62.1 Å². The van der Waals surface area contributed by atoms with Gasteiger partial charge in [0.25, 0.3) is 11.8 Å². The Bertz CT molecular complexity index is 3220. The molecule has 0 spiro atoms. The van der Waals surface area contributed by atoms with Crippen LogP contribution < -0.4 is 31.5 Å². The molecule has 10 rings (SSSR count). The molecule has 0 aliphatic carbocycles. The summed E-state index contributed by atoms with van der Waals surface area (Å²) in [5.74, 6) is 1.41. The van der Waals surface area contributed by atoms with Crippen molar-refractivity contribution in [2.45, 2.75) is 65.5 Å². The lowest BCUT2D eigenvalue weighted by atomic mass is 10.1. The molecule has 67 heavy (non-hydrogen) atoms. The highest BCUT2D eigenvalue weighted by Crippen LogP contribution is 2.32. The number of anilines is 6. The molecule has 0 saturated carbocycles. The van der Waals surface area contributed by atoms with Crippen LogP contribution in [0.1, 0.15) is 66.5 Å². The zero-order valence-corrected chi connectivity index (χ0v) is 38.4. The Morgan fingerprint density at radius 1 is 0.761 bits per heavy atom. The number of amides is 3. The zero-order chi connectivity index (χ0) is 47.3. The molecule has 0 unspecified atom stereocenters. The molecule has 24 nitrogen and oxygen atoms in total. The van der Waals surface area contributed by atoms with E-state index in [9.17, 15) is 14.4 Å². The number of ether oxygens (including phenoxy) is 3. The van der Waals surface area contributed by atoms with Gasteiger partial charge in [-0.25, -0.2) is 24.1 Å². The van der Waals surface area contributed by atoms with Gasteiger partial charge in [-0.1, -0.05) is 10.4 Å². The van der Waals surface area contributed by atoms with Gasteiger partial charge >= 0.3 is 6.09 Å². The maximum atomic E-state index is 13.1. The molecule has 6 aromatic heterocycles. The second-order valence-corrected chi connectivity index (χ2v) is 17.4. The van der Waals surface area contributed by atoms with E-state index in [0.717, 1.165) is 33.4 Å². The van der Waals surface area contributed by atoms with Gasteiger partial charge in [-0.15, -0.1) is 10.2 Å². The highest BCUT2D eigenvalue weighted by Gasteiger charge is 2.27. The second kappa shape index (κ2) is 17.4. The summed E-state index contributed by atoms with van der Waals surface area (Å²) in [5.41, 5.74) is 7.05.